The Balaban J connectivity index is 0.000000201. The zero-order valence-corrected chi connectivity index (χ0v) is 40.8. The molecule has 0 unspecified atom stereocenters. The van der Waals surface area contributed by atoms with Crippen LogP contribution in [0.3, 0.4) is 0 Å². The SMILES string of the molecule is CCC[CH2][Sn]([CH2]CCC)([CH2]CCC)[c]1ccccn1.CCOC(=O)CN(C)c1nc(-c2ccccn2)nc2c1CCC2.CCOC(=O)CN(C)c1nc(Cl)nc2c1CCC2. The summed E-state index contributed by atoms with van der Waals surface area (Å²) in [5.41, 5.74) is 5.04. The standard InChI is InChI=1S/C17H20N4O2.C12H16ClN3O2.C5H4N.3C4H9.Sn/c1-3-23-15(22)11-21(2)17-12-7-6-9-13(12)19-16(20-17)14-8-4-5-10-18-14;1-3-18-10(17)7-16(2)11-8-5-4-6-9(8)14-12(13)15-11;1-2-4-6-5-3-1;3*1-3-4-2;/h4-5,8,10H,3,6-7,9,11H2,1-2H3;3-7H2,1-2H3;1-4H;3*1,3-4H2,2H3;. The molecule has 14 heteroatoms. The number of anilines is 2. The Morgan fingerprint density at radius 2 is 1.15 bits per heavy atom. The molecule has 0 saturated heterocycles. The smallest absolute Gasteiger partial charge is 0.325 e. The van der Waals surface area contributed by atoms with E-state index in [-0.39, 0.29) is 30.3 Å². The van der Waals surface area contributed by atoms with E-state index in [1.165, 1.54) is 51.8 Å². The summed E-state index contributed by atoms with van der Waals surface area (Å²) in [5, 5.41) is 0.237. The van der Waals surface area contributed by atoms with Crippen LogP contribution in [0.15, 0.2) is 48.8 Å². The normalized spacial score (nSPS) is 12.6. The number of unbranched alkanes of at least 4 members (excludes halogenated alkanes) is 3. The first-order chi connectivity index (χ1) is 29.1. The minimum Gasteiger partial charge on any atom is -0.465 e. The molecule has 0 atom stereocenters. The molecule has 2 aliphatic carbocycles. The van der Waals surface area contributed by atoms with Gasteiger partial charge in [-0.1, -0.05) is 6.07 Å². The number of rotatable bonds is 19. The van der Waals surface area contributed by atoms with Crippen LogP contribution in [0.25, 0.3) is 11.5 Å². The van der Waals surface area contributed by atoms with Crippen molar-refractivity contribution in [1.82, 2.24) is 29.9 Å². The Bertz CT molecular complexity index is 1900. The van der Waals surface area contributed by atoms with Gasteiger partial charge in [-0.3, -0.25) is 14.6 Å². The van der Waals surface area contributed by atoms with Crippen molar-refractivity contribution >= 4 is 57.3 Å². The summed E-state index contributed by atoms with van der Waals surface area (Å²) >= 11 is 3.70. The fourth-order valence-electron chi connectivity index (χ4n) is 7.97. The van der Waals surface area contributed by atoms with Gasteiger partial charge in [0.15, 0.2) is 5.82 Å². The van der Waals surface area contributed by atoms with Crippen LogP contribution in [0.2, 0.25) is 18.6 Å². The zero-order chi connectivity index (χ0) is 43.3. The predicted octanol–water partition coefficient (Wildman–Crippen LogP) is 8.78. The molecule has 2 aliphatic rings. The van der Waals surface area contributed by atoms with Crippen LogP contribution in [-0.4, -0.2) is 101 Å². The van der Waals surface area contributed by atoms with Gasteiger partial charge in [-0.25, -0.2) is 19.9 Å². The van der Waals surface area contributed by atoms with Gasteiger partial charge in [-0.05, 0) is 76.1 Å². The molecule has 0 saturated carbocycles. The molecule has 12 nitrogen and oxygen atoms in total. The number of halogens is 1. The second-order valence-electron chi connectivity index (χ2n) is 15.6. The largest absolute Gasteiger partial charge is 0.465 e. The molecule has 326 valence electrons. The van der Waals surface area contributed by atoms with E-state index >= 15 is 0 Å². The van der Waals surface area contributed by atoms with Gasteiger partial charge in [0.05, 0.1) is 18.9 Å². The Morgan fingerprint density at radius 3 is 1.62 bits per heavy atom. The second-order valence-corrected chi connectivity index (χ2v) is 29.0. The Kier molecular flexibility index (Phi) is 20.9. The maximum Gasteiger partial charge on any atom is 0.325 e. The molecule has 4 aromatic rings. The number of nitrogens with zero attached hydrogens (tertiary/aromatic N) is 8. The molecule has 0 fully saturated rings. The van der Waals surface area contributed by atoms with E-state index in [4.69, 9.17) is 26.1 Å². The molecule has 0 bridgehead atoms. The van der Waals surface area contributed by atoms with Gasteiger partial charge in [-0.15, -0.1) is 0 Å². The van der Waals surface area contributed by atoms with Crippen molar-refractivity contribution in [3.63, 3.8) is 0 Å². The number of carbonyl (C=O) groups excluding carboxylic acids is 2. The van der Waals surface area contributed by atoms with Crippen LogP contribution in [0, 0.1) is 0 Å². The van der Waals surface area contributed by atoms with E-state index in [2.05, 4.69) is 63.9 Å². The van der Waals surface area contributed by atoms with Crippen molar-refractivity contribution in [3.05, 3.63) is 76.6 Å². The number of pyridine rings is 2. The molecule has 60 heavy (non-hydrogen) atoms. The molecular weight excluding hydrogens is 883 g/mol. The zero-order valence-electron chi connectivity index (χ0n) is 37.1. The van der Waals surface area contributed by atoms with E-state index in [1.54, 1.807) is 28.7 Å². The van der Waals surface area contributed by atoms with E-state index in [9.17, 15) is 9.59 Å². The summed E-state index contributed by atoms with van der Waals surface area (Å²) in [6.45, 7) is 11.7. The van der Waals surface area contributed by atoms with Crippen LogP contribution in [0.5, 0.6) is 0 Å². The molecule has 0 spiro atoms. The molecule has 0 amide bonds. The summed E-state index contributed by atoms with van der Waals surface area (Å²) in [6.07, 6.45) is 17.9. The third-order valence-corrected chi connectivity index (χ3v) is 26.3. The molecule has 0 aliphatic heterocycles. The molecule has 0 N–H and O–H groups in total. The number of likely N-dealkylation sites (N-methyl/N-ethyl adjacent to an activating group) is 2. The fourth-order valence-corrected chi connectivity index (χ4v) is 23.6. The number of esters is 2. The number of carbonyl (C=O) groups is 2. The van der Waals surface area contributed by atoms with E-state index in [1.807, 2.05) is 43.4 Å². The van der Waals surface area contributed by atoms with Crippen molar-refractivity contribution in [2.24, 2.45) is 0 Å². The average molecular weight is 950 g/mol. The number of hydrogen-bond acceptors (Lipinski definition) is 12. The number of hydrogen-bond donors (Lipinski definition) is 0. The molecule has 4 aromatic heterocycles. The van der Waals surface area contributed by atoms with Crippen molar-refractivity contribution in [2.75, 3.05) is 50.2 Å². The molecule has 6 rings (SSSR count). The summed E-state index contributed by atoms with van der Waals surface area (Å²) in [6, 6.07) is 12.3. The first-order valence-electron chi connectivity index (χ1n) is 22.1. The Labute approximate surface area is 367 Å². The second kappa shape index (κ2) is 25.8. The summed E-state index contributed by atoms with van der Waals surface area (Å²) < 4.78 is 16.1. The van der Waals surface area contributed by atoms with Gasteiger partial charge >= 0.3 is 136 Å². The van der Waals surface area contributed by atoms with Crippen LogP contribution in [0.4, 0.5) is 11.6 Å². The third kappa shape index (κ3) is 14.3. The first kappa shape index (κ1) is 48.8. The minimum atomic E-state index is -2.21. The van der Waals surface area contributed by atoms with Gasteiger partial charge < -0.3 is 19.3 Å². The van der Waals surface area contributed by atoms with Gasteiger partial charge in [-0.2, -0.15) is 0 Å². The molecule has 0 aromatic carbocycles. The summed E-state index contributed by atoms with van der Waals surface area (Å²) in [4.78, 5) is 53.8. The number of aryl methyl sites for hydroxylation is 2. The van der Waals surface area contributed by atoms with E-state index in [0.717, 1.165) is 78.4 Å². The quantitative estimate of drug-likeness (QED) is 0.0505. The van der Waals surface area contributed by atoms with Gasteiger partial charge in [0, 0.05) is 37.1 Å². The van der Waals surface area contributed by atoms with E-state index < -0.39 is 18.4 Å². The van der Waals surface area contributed by atoms with Crippen LogP contribution in [-0.2, 0) is 44.7 Å². The molecular formula is C46H67ClN8O4Sn. The number of fused-ring (bicyclic) bond motifs is 2. The maximum atomic E-state index is 11.8. The van der Waals surface area contributed by atoms with E-state index in [0.29, 0.717) is 19.0 Å². The summed E-state index contributed by atoms with van der Waals surface area (Å²) in [5.74, 6) is 1.65. The van der Waals surface area contributed by atoms with Gasteiger partial charge in [0.2, 0.25) is 5.28 Å². The third-order valence-electron chi connectivity index (χ3n) is 11.0. The van der Waals surface area contributed by atoms with Crippen LogP contribution < -0.4 is 13.5 Å². The minimum absolute atomic E-state index is 0.174. The average Bonchev–Trinajstić information content (AvgIpc) is 3.94. The van der Waals surface area contributed by atoms with Gasteiger partial charge in [0.25, 0.3) is 0 Å². The maximum absolute atomic E-state index is 11.8. The predicted molar refractivity (Wildman–Crippen MR) is 245 cm³/mol. The first-order valence-corrected chi connectivity index (χ1v) is 30.0. The fraction of sp³-hybridized carbons (Fsp3) is 0.565. The number of ether oxygens (including phenoxy) is 2. The molecule has 4 heterocycles. The van der Waals surface area contributed by atoms with Gasteiger partial charge in [0.1, 0.15) is 30.4 Å². The Hall–Kier alpha value is -3.91. The molecule has 0 radical (unpaired) electrons. The van der Waals surface area contributed by atoms with Crippen molar-refractivity contribution in [1.29, 1.82) is 0 Å². The topological polar surface area (TPSA) is 136 Å². The van der Waals surface area contributed by atoms with Crippen LogP contribution in [0.1, 0.15) is 109 Å². The monoisotopic (exact) mass is 950 g/mol. The van der Waals surface area contributed by atoms with Crippen molar-refractivity contribution < 1.29 is 19.1 Å². The summed E-state index contributed by atoms with van der Waals surface area (Å²) in [7, 11) is 3.67. The van der Waals surface area contributed by atoms with Crippen molar-refractivity contribution in [3.8, 4) is 11.5 Å². The van der Waals surface area contributed by atoms with Crippen molar-refractivity contribution in [2.45, 2.75) is 125 Å². The van der Waals surface area contributed by atoms with Crippen LogP contribution >= 0.6 is 11.6 Å². The Morgan fingerprint density at radius 1 is 0.650 bits per heavy atom. The number of aromatic nitrogens is 6.